The zero-order valence-corrected chi connectivity index (χ0v) is 16.3. The lowest BCUT2D eigenvalue weighted by Gasteiger charge is -2.33. The van der Waals surface area contributed by atoms with E-state index in [0.717, 1.165) is 5.56 Å². The topological polar surface area (TPSA) is 69.7 Å². The van der Waals surface area contributed by atoms with E-state index < -0.39 is 10.2 Å². The van der Waals surface area contributed by atoms with Crippen LogP contribution in [-0.2, 0) is 21.5 Å². The molecule has 140 valence electrons. The van der Waals surface area contributed by atoms with E-state index >= 15 is 0 Å². The highest BCUT2D eigenvalue weighted by atomic mass is 35.5. The molecule has 0 aromatic heterocycles. The summed E-state index contributed by atoms with van der Waals surface area (Å²) >= 11 is 6.09. The van der Waals surface area contributed by atoms with E-state index in [9.17, 15) is 13.2 Å². The summed E-state index contributed by atoms with van der Waals surface area (Å²) in [4.78, 5) is 12.4. The predicted molar refractivity (Wildman–Crippen MR) is 99.4 cm³/mol. The molecule has 2 rings (SSSR count). The van der Waals surface area contributed by atoms with Crippen molar-refractivity contribution >= 4 is 27.7 Å². The molecule has 0 radical (unpaired) electrons. The molecule has 0 bridgehead atoms. The van der Waals surface area contributed by atoms with Crippen molar-refractivity contribution in [2.45, 2.75) is 33.2 Å². The smallest absolute Gasteiger partial charge is 0.281 e. The number of carbonyl (C=O) groups excluding carboxylic acids is 1. The van der Waals surface area contributed by atoms with Gasteiger partial charge in [0.1, 0.15) is 0 Å². The molecule has 1 heterocycles. The maximum Gasteiger partial charge on any atom is 0.281 e. The van der Waals surface area contributed by atoms with Gasteiger partial charge in [0.15, 0.2) is 0 Å². The Balaban J connectivity index is 1.87. The van der Waals surface area contributed by atoms with Crippen molar-refractivity contribution in [2.75, 3.05) is 26.2 Å². The van der Waals surface area contributed by atoms with E-state index in [1.807, 2.05) is 32.0 Å². The number of halogens is 1. The normalized spacial score (nSPS) is 17.0. The molecule has 1 amide bonds. The quantitative estimate of drug-likeness (QED) is 0.780. The maximum absolute atomic E-state index is 12.5. The van der Waals surface area contributed by atoms with Gasteiger partial charge in [-0.15, -0.1) is 0 Å². The van der Waals surface area contributed by atoms with E-state index in [1.165, 1.54) is 8.61 Å². The molecular weight excluding hydrogens is 362 g/mol. The Morgan fingerprint density at radius 2 is 1.84 bits per heavy atom. The lowest BCUT2D eigenvalue weighted by molar-refractivity contribution is -0.126. The molecule has 6 nitrogen and oxygen atoms in total. The summed E-state index contributed by atoms with van der Waals surface area (Å²) in [5.74, 6) is -0.203. The van der Waals surface area contributed by atoms with Crippen molar-refractivity contribution in [1.29, 1.82) is 0 Å². The Morgan fingerprint density at radius 1 is 1.24 bits per heavy atom. The number of hydrogen-bond acceptors (Lipinski definition) is 3. The van der Waals surface area contributed by atoms with Crippen LogP contribution in [0.2, 0.25) is 5.02 Å². The molecule has 0 spiro atoms. The summed E-state index contributed by atoms with van der Waals surface area (Å²) in [6.07, 6.45) is 1.07. The summed E-state index contributed by atoms with van der Waals surface area (Å²) in [5, 5.41) is 3.53. The summed E-state index contributed by atoms with van der Waals surface area (Å²) in [6, 6.07) is 7.39. The first-order valence-electron chi connectivity index (χ1n) is 8.66. The van der Waals surface area contributed by atoms with E-state index in [4.69, 9.17) is 11.6 Å². The van der Waals surface area contributed by atoms with Gasteiger partial charge in [-0.1, -0.05) is 43.6 Å². The monoisotopic (exact) mass is 387 g/mol. The van der Waals surface area contributed by atoms with Gasteiger partial charge in [0.2, 0.25) is 5.91 Å². The van der Waals surface area contributed by atoms with Gasteiger partial charge in [-0.25, -0.2) is 0 Å². The molecule has 8 heteroatoms. The summed E-state index contributed by atoms with van der Waals surface area (Å²) in [5.41, 5.74) is 0.874. The third-order valence-electron chi connectivity index (χ3n) is 4.59. The first-order chi connectivity index (χ1) is 11.9. The molecule has 1 aliphatic heterocycles. The van der Waals surface area contributed by atoms with Crippen LogP contribution >= 0.6 is 11.6 Å². The fourth-order valence-electron chi connectivity index (χ4n) is 3.03. The van der Waals surface area contributed by atoms with Crippen LogP contribution in [0.1, 0.15) is 32.3 Å². The number of amides is 1. The number of rotatable bonds is 7. The minimum Gasteiger partial charge on any atom is -0.352 e. The molecule has 0 unspecified atom stereocenters. The Bertz CT molecular complexity index is 684. The van der Waals surface area contributed by atoms with Crippen LogP contribution in [0.25, 0.3) is 0 Å². The minimum absolute atomic E-state index is 0.0418. The van der Waals surface area contributed by atoms with Gasteiger partial charge in [-0.2, -0.15) is 17.0 Å². The SMILES string of the molecule is CCN(CC)S(=O)(=O)N1CCC(C(=O)NCc2ccccc2Cl)CC1. The third-order valence-corrected chi connectivity index (χ3v) is 7.15. The van der Waals surface area contributed by atoms with Crippen LogP contribution in [0.4, 0.5) is 0 Å². The first-order valence-corrected chi connectivity index (χ1v) is 10.4. The van der Waals surface area contributed by atoms with Crippen LogP contribution < -0.4 is 5.32 Å². The zero-order chi connectivity index (χ0) is 18.4. The third kappa shape index (κ3) is 4.94. The standard InChI is InChI=1S/C17H26ClN3O3S/c1-3-20(4-2)25(23,24)21-11-9-14(10-12-21)17(22)19-13-15-7-5-6-8-16(15)18/h5-8,14H,3-4,9-13H2,1-2H3,(H,19,22). The number of hydrogen-bond donors (Lipinski definition) is 1. The van der Waals surface area contributed by atoms with Crippen molar-refractivity contribution in [2.24, 2.45) is 5.92 Å². The molecule has 1 aliphatic rings. The van der Waals surface area contributed by atoms with Crippen molar-refractivity contribution in [1.82, 2.24) is 13.9 Å². The van der Waals surface area contributed by atoms with E-state index in [1.54, 1.807) is 6.07 Å². The lowest BCUT2D eigenvalue weighted by Crippen LogP contribution is -2.48. The fourth-order valence-corrected chi connectivity index (χ4v) is 4.88. The molecule has 0 aliphatic carbocycles. The molecule has 1 N–H and O–H groups in total. The second-order valence-corrected chi connectivity index (χ2v) is 8.41. The van der Waals surface area contributed by atoms with Crippen LogP contribution in [0.5, 0.6) is 0 Å². The van der Waals surface area contributed by atoms with Crippen molar-refractivity contribution in [3.05, 3.63) is 34.9 Å². The Kier molecular flexibility index (Phi) is 7.25. The molecule has 0 atom stereocenters. The molecule has 1 aromatic carbocycles. The van der Waals surface area contributed by atoms with Gasteiger partial charge in [-0.05, 0) is 24.5 Å². The molecule has 1 saturated heterocycles. The van der Waals surface area contributed by atoms with Gasteiger partial charge in [0.05, 0.1) is 0 Å². The zero-order valence-electron chi connectivity index (χ0n) is 14.7. The summed E-state index contributed by atoms with van der Waals surface area (Å²) in [7, 11) is -3.42. The van der Waals surface area contributed by atoms with Gasteiger partial charge in [0.25, 0.3) is 10.2 Å². The Hall–Kier alpha value is -1.15. The predicted octanol–water partition coefficient (Wildman–Crippen LogP) is 2.25. The van der Waals surface area contributed by atoms with Gasteiger partial charge >= 0.3 is 0 Å². The lowest BCUT2D eigenvalue weighted by atomic mass is 9.97. The van der Waals surface area contributed by atoms with Crippen LogP contribution in [0.3, 0.4) is 0 Å². The largest absolute Gasteiger partial charge is 0.352 e. The number of carbonyl (C=O) groups is 1. The highest BCUT2D eigenvalue weighted by molar-refractivity contribution is 7.86. The number of benzene rings is 1. The minimum atomic E-state index is -3.42. The highest BCUT2D eigenvalue weighted by Gasteiger charge is 2.33. The number of nitrogens with zero attached hydrogens (tertiary/aromatic N) is 2. The second-order valence-electron chi connectivity index (χ2n) is 6.07. The van der Waals surface area contributed by atoms with E-state index in [2.05, 4.69) is 5.32 Å². The number of piperidine rings is 1. The first kappa shape index (κ1) is 20.2. The Labute approximate surface area is 155 Å². The van der Waals surface area contributed by atoms with Gasteiger partial charge < -0.3 is 5.32 Å². The Morgan fingerprint density at radius 3 is 2.40 bits per heavy atom. The second kappa shape index (κ2) is 8.98. The highest BCUT2D eigenvalue weighted by Crippen LogP contribution is 2.22. The van der Waals surface area contributed by atoms with E-state index in [0.29, 0.717) is 50.6 Å². The van der Waals surface area contributed by atoms with Crippen molar-refractivity contribution in [3.63, 3.8) is 0 Å². The van der Waals surface area contributed by atoms with Crippen LogP contribution in [0.15, 0.2) is 24.3 Å². The molecule has 1 fully saturated rings. The van der Waals surface area contributed by atoms with Gasteiger partial charge in [0, 0.05) is 43.7 Å². The average Bonchev–Trinajstić information content (AvgIpc) is 2.61. The molecule has 1 aromatic rings. The van der Waals surface area contributed by atoms with Gasteiger partial charge in [-0.3, -0.25) is 4.79 Å². The number of nitrogens with one attached hydrogen (secondary N) is 1. The van der Waals surface area contributed by atoms with E-state index in [-0.39, 0.29) is 11.8 Å². The maximum atomic E-state index is 12.5. The fraction of sp³-hybridized carbons (Fsp3) is 0.588. The average molecular weight is 388 g/mol. The molecule has 25 heavy (non-hydrogen) atoms. The summed E-state index contributed by atoms with van der Waals surface area (Å²) in [6.45, 7) is 5.71. The summed E-state index contributed by atoms with van der Waals surface area (Å²) < 4.78 is 28.0. The van der Waals surface area contributed by atoms with Crippen molar-refractivity contribution in [3.8, 4) is 0 Å². The van der Waals surface area contributed by atoms with Crippen LogP contribution in [0, 0.1) is 5.92 Å². The molecular formula is C17H26ClN3O3S. The van der Waals surface area contributed by atoms with Crippen LogP contribution in [-0.4, -0.2) is 49.1 Å². The van der Waals surface area contributed by atoms with Crippen molar-refractivity contribution < 1.29 is 13.2 Å². The molecule has 0 saturated carbocycles.